The summed E-state index contributed by atoms with van der Waals surface area (Å²) in [6.45, 7) is 1.43. The van der Waals surface area contributed by atoms with E-state index in [2.05, 4.69) is 5.32 Å². The van der Waals surface area contributed by atoms with Crippen molar-refractivity contribution in [1.29, 1.82) is 0 Å². The van der Waals surface area contributed by atoms with Crippen LogP contribution in [0.15, 0.2) is 42.5 Å². The maximum Gasteiger partial charge on any atom is 0.247 e. The van der Waals surface area contributed by atoms with E-state index in [1.807, 2.05) is 0 Å². The number of nitrogens with zero attached hydrogens (tertiary/aromatic N) is 2. The second-order valence-electron chi connectivity index (χ2n) is 6.82. The van der Waals surface area contributed by atoms with Crippen LogP contribution in [0.2, 0.25) is 5.02 Å². The van der Waals surface area contributed by atoms with Crippen molar-refractivity contribution in [2.75, 3.05) is 40.6 Å². The Kier molecular flexibility index (Phi) is 7.45. The molecule has 1 atom stereocenters. The Hall–Kier alpha value is -2.50. The smallest absolute Gasteiger partial charge is 0.247 e. The van der Waals surface area contributed by atoms with E-state index < -0.39 is 32.0 Å². The Morgan fingerprint density at radius 1 is 1.03 bits per heavy atom. The zero-order valence-electron chi connectivity index (χ0n) is 17.7. The monoisotopic (exact) mass is 489 g/mol. The molecule has 12 heteroatoms. The van der Waals surface area contributed by atoms with Crippen LogP contribution in [0.25, 0.3) is 0 Å². The molecule has 2 aromatic carbocycles. The molecule has 1 N–H and O–H groups in total. The topological polar surface area (TPSA) is 113 Å². The summed E-state index contributed by atoms with van der Waals surface area (Å²) < 4.78 is 55.5. The number of rotatable bonds is 8. The first-order valence-electron chi connectivity index (χ1n) is 8.93. The van der Waals surface area contributed by atoms with Crippen molar-refractivity contribution in [3.8, 4) is 5.75 Å². The zero-order chi connectivity index (χ0) is 23.6. The largest absolute Gasteiger partial charge is 0.495 e. The van der Waals surface area contributed by atoms with Gasteiger partial charge < -0.3 is 10.1 Å². The summed E-state index contributed by atoms with van der Waals surface area (Å²) in [5.74, 6) is -0.251. The van der Waals surface area contributed by atoms with E-state index in [4.69, 9.17) is 16.3 Å². The number of hydrogen-bond acceptors (Lipinski definition) is 6. The van der Waals surface area contributed by atoms with Crippen molar-refractivity contribution < 1.29 is 26.4 Å². The Labute approximate surface area is 187 Å². The molecule has 170 valence electrons. The molecular weight excluding hydrogens is 466 g/mol. The third-order valence-electron chi connectivity index (χ3n) is 4.45. The van der Waals surface area contributed by atoms with Crippen LogP contribution in [0.3, 0.4) is 0 Å². The minimum absolute atomic E-state index is 0.192. The van der Waals surface area contributed by atoms with Crippen molar-refractivity contribution in [2.45, 2.75) is 13.0 Å². The van der Waals surface area contributed by atoms with Gasteiger partial charge in [0.1, 0.15) is 11.8 Å². The Balaban J connectivity index is 2.34. The highest BCUT2D eigenvalue weighted by Gasteiger charge is 2.30. The van der Waals surface area contributed by atoms with Gasteiger partial charge in [-0.3, -0.25) is 13.4 Å². The predicted octanol–water partition coefficient (Wildman–Crippen LogP) is 2.54. The highest BCUT2D eigenvalue weighted by atomic mass is 35.5. The van der Waals surface area contributed by atoms with Gasteiger partial charge in [0.15, 0.2) is 0 Å². The summed E-state index contributed by atoms with van der Waals surface area (Å²) in [6.07, 6.45) is 2.04. The van der Waals surface area contributed by atoms with Crippen molar-refractivity contribution in [2.24, 2.45) is 0 Å². The van der Waals surface area contributed by atoms with Gasteiger partial charge in [-0.2, -0.15) is 0 Å². The number of nitrogens with one attached hydrogen (secondary N) is 1. The first kappa shape index (κ1) is 24.8. The van der Waals surface area contributed by atoms with Crippen LogP contribution < -0.4 is 18.7 Å². The molecule has 1 amide bonds. The molecule has 31 heavy (non-hydrogen) atoms. The molecule has 0 saturated carbocycles. The van der Waals surface area contributed by atoms with Crippen LogP contribution in [0.4, 0.5) is 17.1 Å². The van der Waals surface area contributed by atoms with Crippen LogP contribution in [-0.4, -0.2) is 55.5 Å². The maximum absolute atomic E-state index is 12.9. The fraction of sp³-hybridized carbons (Fsp3) is 0.316. The molecule has 0 spiro atoms. The van der Waals surface area contributed by atoms with Crippen molar-refractivity contribution >= 4 is 54.6 Å². The van der Waals surface area contributed by atoms with Crippen LogP contribution in [0, 0.1) is 0 Å². The van der Waals surface area contributed by atoms with Crippen molar-refractivity contribution in [1.82, 2.24) is 0 Å². The molecule has 0 aliphatic heterocycles. The second-order valence-corrected chi connectivity index (χ2v) is 11.1. The van der Waals surface area contributed by atoms with Crippen LogP contribution in [0.5, 0.6) is 5.75 Å². The van der Waals surface area contributed by atoms with E-state index >= 15 is 0 Å². The van der Waals surface area contributed by atoms with Crippen molar-refractivity contribution in [3.63, 3.8) is 0 Å². The SMILES string of the molecule is COc1ccc(N([C@H](C)C(=O)Nc2cccc(N(C)S(C)(=O)=O)c2)S(C)(=O)=O)cc1Cl. The molecule has 0 aliphatic rings. The molecule has 0 aliphatic carbocycles. The summed E-state index contributed by atoms with van der Waals surface area (Å²) in [5, 5.41) is 2.82. The number of anilines is 3. The summed E-state index contributed by atoms with van der Waals surface area (Å²) in [4.78, 5) is 12.9. The second kappa shape index (κ2) is 9.33. The molecule has 0 bridgehead atoms. The summed E-state index contributed by atoms with van der Waals surface area (Å²) in [5.41, 5.74) is 0.849. The normalized spacial score (nSPS) is 12.7. The minimum Gasteiger partial charge on any atom is -0.495 e. The van der Waals surface area contributed by atoms with Gasteiger partial charge in [0.05, 0.1) is 36.0 Å². The lowest BCUT2D eigenvalue weighted by Gasteiger charge is -2.28. The maximum atomic E-state index is 12.9. The molecule has 9 nitrogen and oxygen atoms in total. The molecule has 2 aromatic rings. The van der Waals surface area contributed by atoms with Crippen LogP contribution in [-0.2, 0) is 24.8 Å². The summed E-state index contributed by atoms with van der Waals surface area (Å²) >= 11 is 6.12. The van der Waals surface area contributed by atoms with E-state index in [1.54, 1.807) is 18.2 Å². The number of carbonyl (C=O) groups is 1. The van der Waals surface area contributed by atoms with E-state index in [-0.39, 0.29) is 10.7 Å². The number of carbonyl (C=O) groups excluding carboxylic acids is 1. The van der Waals surface area contributed by atoms with Gasteiger partial charge in [0, 0.05) is 12.7 Å². The molecule has 0 radical (unpaired) electrons. The fourth-order valence-electron chi connectivity index (χ4n) is 2.82. The van der Waals surface area contributed by atoms with Gasteiger partial charge in [-0.05, 0) is 43.3 Å². The van der Waals surface area contributed by atoms with Crippen molar-refractivity contribution in [3.05, 3.63) is 47.5 Å². The highest BCUT2D eigenvalue weighted by Crippen LogP contribution is 2.31. The average molecular weight is 490 g/mol. The summed E-state index contributed by atoms with van der Waals surface area (Å²) in [6, 6.07) is 9.45. The molecule has 0 aromatic heterocycles. The molecule has 0 heterocycles. The van der Waals surface area contributed by atoms with E-state index in [9.17, 15) is 21.6 Å². The van der Waals surface area contributed by atoms with Gasteiger partial charge in [-0.25, -0.2) is 16.8 Å². The highest BCUT2D eigenvalue weighted by molar-refractivity contribution is 7.92. The Morgan fingerprint density at radius 2 is 1.68 bits per heavy atom. The number of hydrogen-bond donors (Lipinski definition) is 1. The number of benzene rings is 2. The predicted molar refractivity (Wildman–Crippen MR) is 123 cm³/mol. The molecule has 0 fully saturated rings. The quantitative estimate of drug-likeness (QED) is 0.609. The fourth-order valence-corrected chi connectivity index (χ4v) is 4.73. The van der Waals surface area contributed by atoms with E-state index in [0.717, 1.165) is 21.1 Å². The summed E-state index contributed by atoms with van der Waals surface area (Å²) in [7, 11) is -4.51. The number of ether oxygens (including phenoxy) is 1. The van der Waals surface area contributed by atoms with E-state index in [0.29, 0.717) is 17.1 Å². The van der Waals surface area contributed by atoms with Gasteiger partial charge in [-0.15, -0.1) is 0 Å². The van der Waals surface area contributed by atoms with Crippen LogP contribution >= 0.6 is 11.6 Å². The average Bonchev–Trinajstić information content (AvgIpc) is 2.66. The lowest BCUT2D eigenvalue weighted by molar-refractivity contribution is -0.116. The van der Waals surface area contributed by atoms with Gasteiger partial charge in [0.2, 0.25) is 26.0 Å². The first-order valence-corrected chi connectivity index (χ1v) is 13.0. The third kappa shape index (κ3) is 6.02. The first-order chi connectivity index (χ1) is 14.3. The molecular formula is C19H24ClN3O6S2. The number of sulfonamides is 2. The lowest BCUT2D eigenvalue weighted by atomic mass is 10.2. The van der Waals surface area contributed by atoms with Crippen LogP contribution in [0.1, 0.15) is 6.92 Å². The van der Waals surface area contributed by atoms with E-state index in [1.165, 1.54) is 45.3 Å². The standard InChI is InChI=1S/C19H24ClN3O6S2/c1-13(23(31(5,27)28)16-9-10-18(29-3)17(20)12-16)19(24)21-14-7-6-8-15(11-14)22(2)30(4,25)26/h6-13H,1-5H3,(H,21,24)/t13-/m1/s1. The molecule has 2 rings (SSSR count). The number of amides is 1. The van der Waals surface area contributed by atoms with Gasteiger partial charge in [-0.1, -0.05) is 17.7 Å². The Morgan fingerprint density at radius 3 is 2.19 bits per heavy atom. The van der Waals surface area contributed by atoms with Gasteiger partial charge >= 0.3 is 0 Å². The molecule has 0 unspecified atom stereocenters. The zero-order valence-corrected chi connectivity index (χ0v) is 20.0. The number of methoxy groups -OCH3 is 1. The lowest BCUT2D eigenvalue weighted by Crippen LogP contribution is -2.45. The molecule has 0 saturated heterocycles. The number of halogens is 1. The Bertz CT molecular complexity index is 1180. The van der Waals surface area contributed by atoms with Gasteiger partial charge in [0.25, 0.3) is 0 Å². The minimum atomic E-state index is -3.85. The third-order valence-corrected chi connectivity index (χ3v) is 7.20.